The zero-order valence-corrected chi connectivity index (χ0v) is 14.0. The molecule has 2 atom stereocenters. The number of carbonyl (C=O) groups is 1. The third kappa shape index (κ3) is 2.99. The predicted molar refractivity (Wildman–Crippen MR) is 93.2 cm³/mol. The molecule has 0 spiro atoms. The number of nitrogens with one attached hydrogen (secondary N) is 1. The van der Waals surface area contributed by atoms with Crippen LogP contribution in [0.4, 0.5) is 0 Å². The van der Waals surface area contributed by atoms with Crippen molar-refractivity contribution in [3.8, 4) is 11.5 Å². The van der Waals surface area contributed by atoms with Crippen LogP contribution in [0.2, 0.25) is 0 Å². The fraction of sp³-hybridized carbons (Fsp3) is 0.211. The summed E-state index contributed by atoms with van der Waals surface area (Å²) in [6.07, 6.45) is -1.61. The van der Waals surface area contributed by atoms with E-state index in [1.165, 1.54) is 0 Å². The normalized spacial score (nSPS) is 16.9. The van der Waals surface area contributed by atoms with Crippen LogP contribution in [0.5, 0.6) is 11.5 Å². The van der Waals surface area contributed by atoms with Gasteiger partial charge in [-0.1, -0.05) is 24.3 Å². The zero-order chi connectivity index (χ0) is 18.1. The van der Waals surface area contributed by atoms with E-state index < -0.39 is 18.2 Å². The Bertz CT molecular complexity index is 1030. The first-order valence-corrected chi connectivity index (χ1v) is 8.20. The lowest BCUT2D eigenvalue weighted by Gasteiger charge is -2.25. The largest absolute Gasteiger partial charge is 0.485 e. The van der Waals surface area contributed by atoms with Gasteiger partial charge in [0.1, 0.15) is 6.61 Å². The van der Waals surface area contributed by atoms with Crippen LogP contribution in [-0.4, -0.2) is 28.6 Å². The number of esters is 1. The van der Waals surface area contributed by atoms with E-state index in [-0.39, 0.29) is 18.0 Å². The minimum Gasteiger partial charge on any atom is -0.485 e. The monoisotopic (exact) mass is 352 g/mol. The van der Waals surface area contributed by atoms with Crippen molar-refractivity contribution in [1.82, 2.24) is 9.97 Å². The van der Waals surface area contributed by atoms with E-state index in [4.69, 9.17) is 14.2 Å². The summed E-state index contributed by atoms with van der Waals surface area (Å²) in [6, 6.07) is 14.1. The van der Waals surface area contributed by atoms with Gasteiger partial charge in [0, 0.05) is 0 Å². The number of H-pyrrole nitrogens is 1. The fourth-order valence-corrected chi connectivity index (χ4v) is 2.74. The molecule has 3 aromatic rings. The van der Waals surface area contributed by atoms with Crippen LogP contribution in [0, 0.1) is 0 Å². The second-order valence-corrected chi connectivity index (χ2v) is 5.91. The summed E-state index contributed by atoms with van der Waals surface area (Å²) < 4.78 is 16.6. The summed E-state index contributed by atoms with van der Waals surface area (Å²) in [5.74, 6) is 0.776. The zero-order valence-electron chi connectivity index (χ0n) is 14.0. The van der Waals surface area contributed by atoms with Crippen molar-refractivity contribution < 1.29 is 19.0 Å². The molecule has 26 heavy (non-hydrogen) atoms. The Morgan fingerprint density at radius 1 is 1.19 bits per heavy atom. The standard InChI is InChI=1S/C19H16N2O5/c1-11(17-20-13-7-3-2-6-12(13)18(22)21-17)25-19(23)16-10-24-14-8-4-5-9-15(14)26-16/h2-9,11,16H,10H2,1H3,(H,20,21,22)/t11-,16-/m0/s1. The molecule has 0 saturated carbocycles. The number of para-hydroxylation sites is 3. The molecule has 0 fully saturated rings. The molecule has 0 amide bonds. The van der Waals surface area contributed by atoms with E-state index in [2.05, 4.69) is 9.97 Å². The van der Waals surface area contributed by atoms with Crippen molar-refractivity contribution in [2.24, 2.45) is 0 Å². The van der Waals surface area contributed by atoms with Gasteiger partial charge < -0.3 is 19.2 Å². The number of hydrogen-bond donors (Lipinski definition) is 1. The number of ether oxygens (including phenoxy) is 3. The summed E-state index contributed by atoms with van der Waals surface area (Å²) in [5, 5.41) is 0.482. The van der Waals surface area contributed by atoms with E-state index in [1.54, 1.807) is 49.4 Å². The van der Waals surface area contributed by atoms with Crippen LogP contribution in [0.25, 0.3) is 10.9 Å². The molecule has 0 bridgehead atoms. The van der Waals surface area contributed by atoms with Gasteiger partial charge in [0.15, 0.2) is 23.4 Å². The average molecular weight is 352 g/mol. The molecule has 1 aliphatic rings. The van der Waals surface area contributed by atoms with Gasteiger partial charge in [-0.25, -0.2) is 9.78 Å². The molecule has 1 aromatic heterocycles. The van der Waals surface area contributed by atoms with Crippen LogP contribution in [0.3, 0.4) is 0 Å². The third-order valence-corrected chi connectivity index (χ3v) is 4.08. The molecule has 0 saturated heterocycles. The SMILES string of the molecule is C[C@H](OC(=O)[C@@H]1COc2ccccc2O1)c1nc2ccccc2c(=O)[nH]1. The first-order chi connectivity index (χ1) is 12.6. The Morgan fingerprint density at radius 2 is 1.92 bits per heavy atom. The number of aromatic amines is 1. The van der Waals surface area contributed by atoms with Gasteiger partial charge in [-0.05, 0) is 31.2 Å². The van der Waals surface area contributed by atoms with Gasteiger partial charge in [0.2, 0.25) is 6.10 Å². The van der Waals surface area contributed by atoms with Gasteiger partial charge in [-0.3, -0.25) is 4.79 Å². The van der Waals surface area contributed by atoms with Crippen LogP contribution < -0.4 is 15.0 Å². The number of nitrogens with zero attached hydrogens (tertiary/aromatic N) is 1. The molecule has 2 heterocycles. The number of fused-ring (bicyclic) bond motifs is 2. The topological polar surface area (TPSA) is 90.5 Å². The lowest BCUT2D eigenvalue weighted by Crippen LogP contribution is -2.38. The molecular formula is C19H16N2O5. The van der Waals surface area contributed by atoms with E-state index >= 15 is 0 Å². The molecule has 7 heteroatoms. The number of carbonyl (C=O) groups excluding carboxylic acids is 1. The molecule has 0 radical (unpaired) electrons. The Hall–Kier alpha value is -3.35. The second kappa shape index (κ2) is 6.51. The van der Waals surface area contributed by atoms with Crippen molar-refractivity contribution in [1.29, 1.82) is 0 Å². The number of hydrogen-bond acceptors (Lipinski definition) is 6. The lowest BCUT2D eigenvalue weighted by molar-refractivity contribution is -0.160. The maximum atomic E-state index is 12.4. The Kier molecular flexibility index (Phi) is 4.04. The van der Waals surface area contributed by atoms with Crippen molar-refractivity contribution in [3.63, 3.8) is 0 Å². The highest BCUT2D eigenvalue weighted by atomic mass is 16.6. The maximum absolute atomic E-state index is 12.4. The molecule has 7 nitrogen and oxygen atoms in total. The smallest absolute Gasteiger partial charge is 0.351 e. The minimum absolute atomic E-state index is 0.0598. The lowest BCUT2D eigenvalue weighted by atomic mass is 10.2. The number of benzene rings is 2. The van der Waals surface area contributed by atoms with Gasteiger partial charge in [0.05, 0.1) is 10.9 Å². The highest BCUT2D eigenvalue weighted by molar-refractivity contribution is 5.78. The van der Waals surface area contributed by atoms with Crippen molar-refractivity contribution in [3.05, 3.63) is 64.7 Å². The van der Waals surface area contributed by atoms with Gasteiger partial charge in [-0.15, -0.1) is 0 Å². The molecular weight excluding hydrogens is 336 g/mol. The minimum atomic E-state index is -0.875. The molecule has 4 rings (SSSR count). The highest BCUT2D eigenvalue weighted by Gasteiger charge is 2.30. The molecule has 2 aromatic carbocycles. The Morgan fingerprint density at radius 3 is 2.77 bits per heavy atom. The summed E-state index contributed by atoms with van der Waals surface area (Å²) in [6.45, 7) is 1.70. The quantitative estimate of drug-likeness (QED) is 0.728. The van der Waals surface area contributed by atoms with E-state index in [9.17, 15) is 9.59 Å². The molecule has 0 aliphatic carbocycles. The van der Waals surface area contributed by atoms with Crippen LogP contribution in [0.15, 0.2) is 53.3 Å². The van der Waals surface area contributed by atoms with Crippen molar-refractivity contribution in [2.45, 2.75) is 19.1 Å². The predicted octanol–water partition coefficient (Wildman–Crippen LogP) is 2.37. The second-order valence-electron chi connectivity index (χ2n) is 5.91. The van der Waals surface area contributed by atoms with Crippen molar-refractivity contribution in [2.75, 3.05) is 6.61 Å². The first-order valence-electron chi connectivity index (χ1n) is 8.20. The summed E-state index contributed by atoms with van der Waals surface area (Å²) in [5.41, 5.74) is 0.264. The maximum Gasteiger partial charge on any atom is 0.351 e. The summed E-state index contributed by atoms with van der Waals surface area (Å²) in [4.78, 5) is 31.6. The van der Waals surface area contributed by atoms with E-state index in [0.29, 0.717) is 22.4 Å². The third-order valence-electron chi connectivity index (χ3n) is 4.08. The van der Waals surface area contributed by atoms with Crippen molar-refractivity contribution >= 4 is 16.9 Å². The fourth-order valence-electron chi connectivity index (χ4n) is 2.74. The van der Waals surface area contributed by atoms with E-state index in [1.807, 2.05) is 6.07 Å². The highest BCUT2D eigenvalue weighted by Crippen LogP contribution is 2.31. The Labute approximate surface area is 148 Å². The summed E-state index contributed by atoms with van der Waals surface area (Å²) in [7, 11) is 0. The molecule has 0 unspecified atom stereocenters. The molecule has 132 valence electrons. The number of aromatic nitrogens is 2. The molecule has 1 N–H and O–H groups in total. The van der Waals surface area contributed by atoms with Crippen LogP contribution in [0.1, 0.15) is 18.9 Å². The van der Waals surface area contributed by atoms with Crippen LogP contribution in [-0.2, 0) is 9.53 Å². The average Bonchev–Trinajstić information content (AvgIpc) is 2.67. The van der Waals surface area contributed by atoms with Gasteiger partial charge in [-0.2, -0.15) is 0 Å². The van der Waals surface area contributed by atoms with E-state index in [0.717, 1.165) is 0 Å². The molecule has 1 aliphatic heterocycles. The number of rotatable bonds is 3. The first kappa shape index (κ1) is 16.1. The van der Waals surface area contributed by atoms with Gasteiger partial charge in [0.25, 0.3) is 5.56 Å². The Balaban J connectivity index is 1.51. The van der Waals surface area contributed by atoms with Crippen LogP contribution >= 0.6 is 0 Å². The summed E-state index contributed by atoms with van der Waals surface area (Å²) >= 11 is 0. The van der Waals surface area contributed by atoms with Gasteiger partial charge >= 0.3 is 5.97 Å².